The molecule has 0 spiro atoms. The van der Waals surface area contributed by atoms with Crippen LogP contribution in [0.15, 0.2) is 21.7 Å². The molecule has 0 amide bonds. The Balaban J connectivity index is 1.54. The number of imidazole rings is 1. The van der Waals surface area contributed by atoms with Crippen LogP contribution < -0.4 is 25.6 Å². The molecule has 146 valence electrons. The molecular weight excluding hydrogens is 376 g/mol. The fourth-order valence-corrected chi connectivity index (χ4v) is 3.75. The zero-order valence-corrected chi connectivity index (χ0v) is 14.9. The molecule has 1 N–H and O–H groups in total. The summed E-state index contributed by atoms with van der Waals surface area (Å²) in [6.45, 7) is 0.589. The average Bonchev–Trinajstić information content (AvgIpc) is 3.22. The maximum atomic E-state index is 14.0. The Hall–Kier alpha value is -3.37. The highest BCUT2D eigenvalue weighted by Gasteiger charge is 2.43. The minimum atomic E-state index is -0.697. The van der Waals surface area contributed by atoms with Crippen molar-refractivity contribution in [3.05, 3.63) is 44.6 Å². The summed E-state index contributed by atoms with van der Waals surface area (Å²) in [7, 11) is 3.16. The molecule has 0 unspecified atom stereocenters. The highest BCUT2D eigenvalue weighted by atomic mass is 19.1. The molecule has 9 nitrogen and oxygen atoms in total. The van der Waals surface area contributed by atoms with E-state index in [2.05, 4.69) is 9.97 Å². The summed E-state index contributed by atoms with van der Waals surface area (Å²) in [5.41, 5.74) is -0.622. The summed E-state index contributed by atoms with van der Waals surface area (Å²) in [5, 5.41) is 0. The lowest BCUT2D eigenvalue weighted by atomic mass is 10.2. The van der Waals surface area contributed by atoms with Gasteiger partial charge in [-0.1, -0.05) is 0 Å². The van der Waals surface area contributed by atoms with Crippen molar-refractivity contribution in [2.45, 2.75) is 12.2 Å². The quantitative estimate of drug-likeness (QED) is 0.640. The molecule has 28 heavy (non-hydrogen) atoms. The van der Waals surface area contributed by atoms with Crippen LogP contribution in [0.4, 0.5) is 14.7 Å². The number of anilines is 1. The molecule has 2 aromatic heterocycles. The van der Waals surface area contributed by atoms with E-state index in [0.717, 1.165) is 12.1 Å². The van der Waals surface area contributed by atoms with Gasteiger partial charge in [-0.2, -0.15) is 4.98 Å². The standard InChI is InChI=1S/C17H15F2N5O4/c1-22-11-14(23(2)17(26)21-15(11)25)20-16(22)24-5-9-10(6-24)28-13-8(19)4-3-7(18)12(13)27-9/h3-4,9-10H,5-6H2,1-2H3,(H,21,25,26)/t9-,10+. The van der Waals surface area contributed by atoms with Gasteiger partial charge in [0.15, 0.2) is 35.0 Å². The number of ether oxygens (including phenoxy) is 2. The van der Waals surface area contributed by atoms with Gasteiger partial charge in [-0.3, -0.25) is 14.3 Å². The number of aromatic amines is 1. The Kier molecular flexibility index (Phi) is 3.33. The van der Waals surface area contributed by atoms with Crippen molar-refractivity contribution in [3.8, 4) is 11.5 Å². The zero-order valence-electron chi connectivity index (χ0n) is 14.9. The van der Waals surface area contributed by atoms with Gasteiger partial charge in [0.2, 0.25) is 17.4 Å². The van der Waals surface area contributed by atoms with Gasteiger partial charge in [-0.25, -0.2) is 13.6 Å². The molecule has 0 aliphatic carbocycles. The van der Waals surface area contributed by atoms with Gasteiger partial charge in [0.25, 0.3) is 5.56 Å². The molecule has 0 bridgehead atoms. The van der Waals surface area contributed by atoms with Crippen LogP contribution in [0.3, 0.4) is 0 Å². The first-order valence-corrected chi connectivity index (χ1v) is 8.57. The number of hydrogen-bond acceptors (Lipinski definition) is 6. The van der Waals surface area contributed by atoms with E-state index >= 15 is 0 Å². The van der Waals surface area contributed by atoms with Crippen molar-refractivity contribution in [2.24, 2.45) is 14.1 Å². The second-order valence-corrected chi connectivity index (χ2v) is 6.87. The molecule has 11 heteroatoms. The molecule has 1 saturated heterocycles. The highest BCUT2D eigenvalue weighted by Crippen LogP contribution is 2.40. The van der Waals surface area contributed by atoms with Crippen molar-refractivity contribution in [1.82, 2.24) is 19.1 Å². The Morgan fingerprint density at radius 2 is 1.61 bits per heavy atom. The van der Waals surface area contributed by atoms with Crippen molar-refractivity contribution in [2.75, 3.05) is 18.0 Å². The van der Waals surface area contributed by atoms with E-state index in [1.807, 2.05) is 0 Å². The Morgan fingerprint density at radius 3 is 2.18 bits per heavy atom. The first kappa shape index (κ1) is 16.8. The van der Waals surface area contributed by atoms with E-state index in [9.17, 15) is 18.4 Å². The highest BCUT2D eigenvalue weighted by molar-refractivity contribution is 5.74. The maximum absolute atomic E-state index is 14.0. The van der Waals surface area contributed by atoms with Crippen LogP contribution in [-0.4, -0.2) is 44.4 Å². The minimum Gasteiger partial charge on any atom is -0.478 e. The molecule has 2 atom stereocenters. The van der Waals surface area contributed by atoms with Gasteiger partial charge in [0.1, 0.15) is 0 Å². The number of rotatable bonds is 1. The van der Waals surface area contributed by atoms with E-state index < -0.39 is 35.1 Å². The second-order valence-electron chi connectivity index (χ2n) is 6.87. The lowest BCUT2D eigenvalue weighted by molar-refractivity contribution is 0.0467. The summed E-state index contributed by atoms with van der Waals surface area (Å²) in [4.78, 5) is 32.5. The predicted molar refractivity (Wildman–Crippen MR) is 94.0 cm³/mol. The molecule has 2 aliphatic rings. The van der Waals surface area contributed by atoms with Crippen molar-refractivity contribution in [3.63, 3.8) is 0 Å². The molecule has 3 aromatic rings. The smallest absolute Gasteiger partial charge is 0.329 e. The van der Waals surface area contributed by atoms with Crippen LogP contribution >= 0.6 is 0 Å². The van der Waals surface area contributed by atoms with E-state index in [-0.39, 0.29) is 22.7 Å². The zero-order chi connectivity index (χ0) is 19.7. The molecule has 1 aromatic carbocycles. The summed E-state index contributed by atoms with van der Waals surface area (Å²) in [6, 6.07) is 1.98. The topological polar surface area (TPSA) is 94.4 Å². The molecule has 5 rings (SSSR count). The normalized spacial score (nSPS) is 20.6. The van der Waals surface area contributed by atoms with Gasteiger partial charge >= 0.3 is 5.69 Å². The first-order chi connectivity index (χ1) is 13.3. The van der Waals surface area contributed by atoms with Gasteiger partial charge < -0.3 is 18.9 Å². The monoisotopic (exact) mass is 391 g/mol. The van der Waals surface area contributed by atoms with Crippen molar-refractivity contribution >= 4 is 17.1 Å². The Labute approximate surface area is 155 Å². The second kappa shape index (κ2) is 5.57. The summed E-state index contributed by atoms with van der Waals surface area (Å²) in [6.07, 6.45) is -1.07. The van der Waals surface area contributed by atoms with E-state index in [1.165, 1.54) is 11.6 Å². The molecule has 2 aliphatic heterocycles. The average molecular weight is 391 g/mol. The third-order valence-electron chi connectivity index (χ3n) is 5.16. The van der Waals surface area contributed by atoms with Crippen molar-refractivity contribution < 1.29 is 18.3 Å². The van der Waals surface area contributed by atoms with E-state index in [1.54, 1.807) is 16.5 Å². The van der Waals surface area contributed by atoms with Crippen LogP contribution in [0.1, 0.15) is 0 Å². The van der Waals surface area contributed by atoms with Crippen LogP contribution in [0.25, 0.3) is 11.2 Å². The number of nitrogens with one attached hydrogen (secondary N) is 1. The number of benzene rings is 1. The lowest BCUT2D eigenvalue weighted by Crippen LogP contribution is -2.39. The number of fused-ring (bicyclic) bond motifs is 3. The third kappa shape index (κ3) is 2.18. The molecule has 4 heterocycles. The fourth-order valence-electron chi connectivity index (χ4n) is 3.75. The molecule has 1 fully saturated rings. The van der Waals surface area contributed by atoms with Gasteiger partial charge in [-0.15, -0.1) is 0 Å². The van der Waals surface area contributed by atoms with Crippen LogP contribution in [0.5, 0.6) is 11.5 Å². The van der Waals surface area contributed by atoms with E-state index in [4.69, 9.17) is 9.47 Å². The van der Waals surface area contributed by atoms with Gasteiger partial charge in [-0.05, 0) is 12.1 Å². The molecular formula is C17H15F2N5O4. The number of hydrogen-bond donors (Lipinski definition) is 1. The number of nitrogens with zero attached hydrogens (tertiary/aromatic N) is 4. The molecule has 0 saturated carbocycles. The first-order valence-electron chi connectivity index (χ1n) is 8.57. The predicted octanol–water partition coefficient (Wildman–Crippen LogP) is 0.267. The molecule has 0 radical (unpaired) electrons. The summed E-state index contributed by atoms with van der Waals surface area (Å²) >= 11 is 0. The largest absolute Gasteiger partial charge is 0.478 e. The third-order valence-corrected chi connectivity index (χ3v) is 5.16. The SMILES string of the molecule is Cn1c(N2C[C@@H]3Oc4c(F)ccc(F)c4O[C@@H]3C2)nc2c1c(=O)[nH]c(=O)n2C. The van der Waals surface area contributed by atoms with Gasteiger partial charge in [0.05, 0.1) is 13.1 Å². The van der Waals surface area contributed by atoms with Crippen LogP contribution in [0, 0.1) is 11.6 Å². The maximum Gasteiger partial charge on any atom is 0.329 e. The van der Waals surface area contributed by atoms with Crippen LogP contribution in [0.2, 0.25) is 0 Å². The number of aromatic nitrogens is 4. The number of halogens is 2. The Morgan fingerprint density at radius 1 is 1.04 bits per heavy atom. The number of H-pyrrole nitrogens is 1. The van der Waals surface area contributed by atoms with Crippen molar-refractivity contribution in [1.29, 1.82) is 0 Å². The fraction of sp³-hybridized carbons (Fsp3) is 0.353. The minimum absolute atomic E-state index is 0.239. The van der Waals surface area contributed by atoms with Gasteiger partial charge in [0, 0.05) is 14.1 Å². The van der Waals surface area contributed by atoms with E-state index in [0.29, 0.717) is 19.0 Å². The summed E-state index contributed by atoms with van der Waals surface area (Å²) < 4.78 is 42.1. The number of aryl methyl sites for hydroxylation is 2. The van der Waals surface area contributed by atoms with Crippen LogP contribution in [-0.2, 0) is 14.1 Å². The Bertz CT molecular complexity index is 1210. The summed E-state index contributed by atoms with van der Waals surface area (Å²) in [5.74, 6) is -1.46. The lowest BCUT2D eigenvalue weighted by Gasteiger charge is -2.28.